The lowest BCUT2D eigenvalue weighted by molar-refractivity contribution is -0.129. The molecule has 28 heavy (non-hydrogen) atoms. The maximum Gasteiger partial charge on any atom is 0.233 e. The first kappa shape index (κ1) is 20.2. The van der Waals surface area contributed by atoms with Crippen molar-refractivity contribution in [2.45, 2.75) is 43.4 Å². The van der Waals surface area contributed by atoms with Gasteiger partial charge in [0, 0.05) is 32.5 Å². The largest absolute Gasteiger partial charge is 0.497 e. The molecule has 0 unspecified atom stereocenters. The summed E-state index contributed by atoms with van der Waals surface area (Å²) >= 11 is 1.36. The highest BCUT2D eigenvalue weighted by Gasteiger charge is 2.32. The number of aromatic nitrogens is 3. The van der Waals surface area contributed by atoms with E-state index in [4.69, 9.17) is 10.5 Å². The van der Waals surface area contributed by atoms with Crippen LogP contribution in [-0.2, 0) is 29.6 Å². The minimum atomic E-state index is -0.369. The van der Waals surface area contributed by atoms with Gasteiger partial charge >= 0.3 is 0 Å². The third-order valence-electron chi connectivity index (χ3n) is 4.66. The number of nitrogens with zero attached hydrogens (tertiary/aromatic N) is 4. The minimum absolute atomic E-state index is 0.0880. The summed E-state index contributed by atoms with van der Waals surface area (Å²) in [7, 11) is 3.47. The van der Waals surface area contributed by atoms with Gasteiger partial charge < -0.3 is 19.9 Å². The van der Waals surface area contributed by atoms with E-state index in [1.54, 1.807) is 7.11 Å². The van der Waals surface area contributed by atoms with E-state index in [0.717, 1.165) is 24.2 Å². The van der Waals surface area contributed by atoms with Crippen molar-refractivity contribution in [3.63, 3.8) is 0 Å². The Labute approximate surface area is 168 Å². The van der Waals surface area contributed by atoms with Crippen molar-refractivity contribution in [1.82, 2.24) is 19.7 Å². The molecule has 1 heterocycles. The van der Waals surface area contributed by atoms with Crippen LogP contribution < -0.4 is 10.5 Å². The quantitative estimate of drug-likeness (QED) is 0.604. The average molecular weight is 404 g/mol. The van der Waals surface area contributed by atoms with Gasteiger partial charge in [0.2, 0.25) is 11.8 Å². The van der Waals surface area contributed by atoms with Crippen LogP contribution in [0.15, 0.2) is 29.4 Å². The van der Waals surface area contributed by atoms with Crippen LogP contribution in [0.3, 0.4) is 0 Å². The zero-order valence-electron chi connectivity index (χ0n) is 16.1. The third-order valence-corrected chi connectivity index (χ3v) is 5.67. The van der Waals surface area contributed by atoms with Crippen LogP contribution >= 0.6 is 11.8 Å². The van der Waals surface area contributed by atoms with Crippen molar-refractivity contribution in [2.24, 2.45) is 12.8 Å². The molecule has 0 saturated heterocycles. The second-order valence-corrected chi connectivity index (χ2v) is 7.76. The number of primary amides is 1. The summed E-state index contributed by atoms with van der Waals surface area (Å²) in [6, 6.07) is 8.12. The summed E-state index contributed by atoms with van der Waals surface area (Å²) in [5, 5.41) is 8.88. The topological polar surface area (TPSA) is 103 Å². The van der Waals surface area contributed by atoms with Crippen LogP contribution in [0.5, 0.6) is 5.75 Å². The van der Waals surface area contributed by atoms with Crippen LogP contribution in [0.4, 0.5) is 0 Å². The van der Waals surface area contributed by atoms with Crippen molar-refractivity contribution in [3.8, 4) is 5.75 Å². The number of aryl methyl sites for hydroxylation is 1. The smallest absolute Gasteiger partial charge is 0.233 e. The van der Waals surface area contributed by atoms with Crippen molar-refractivity contribution < 1.29 is 14.3 Å². The Morgan fingerprint density at radius 2 is 2.00 bits per heavy atom. The Balaban J connectivity index is 1.58. The lowest BCUT2D eigenvalue weighted by atomic mass is 10.2. The predicted octanol–water partition coefficient (Wildman–Crippen LogP) is 1.52. The molecule has 2 aromatic rings. The number of amides is 2. The molecule has 0 aliphatic heterocycles. The molecular formula is C19H25N5O3S. The predicted molar refractivity (Wildman–Crippen MR) is 106 cm³/mol. The summed E-state index contributed by atoms with van der Waals surface area (Å²) in [4.78, 5) is 25.7. The number of benzene rings is 1. The first-order valence-corrected chi connectivity index (χ1v) is 10.2. The zero-order chi connectivity index (χ0) is 20.1. The standard InChI is InChI=1S/C19H25N5O3S/c1-23-17(10-9-16(20)25)21-22-19(23)28-12-18(26)24(14-5-6-14)11-13-3-7-15(27-2)8-4-13/h3-4,7-8,14H,5-6,9-12H2,1-2H3,(H2,20,25). The number of hydrogen-bond acceptors (Lipinski definition) is 6. The first-order chi connectivity index (χ1) is 13.5. The lowest BCUT2D eigenvalue weighted by Gasteiger charge is -2.22. The lowest BCUT2D eigenvalue weighted by Crippen LogP contribution is -2.34. The molecule has 3 rings (SSSR count). The second kappa shape index (κ2) is 9.09. The van der Waals surface area contributed by atoms with Crippen molar-refractivity contribution in [3.05, 3.63) is 35.7 Å². The van der Waals surface area contributed by atoms with Crippen molar-refractivity contribution in [2.75, 3.05) is 12.9 Å². The van der Waals surface area contributed by atoms with Gasteiger partial charge in [0.25, 0.3) is 0 Å². The van der Waals surface area contributed by atoms with Gasteiger partial charge in [-0.25, -0.2) is 0 Å². The molecule has 1 aliphatic rings. The van der Waals surface area contributed by atoms with Crippen LogP contribution in [0.25, 0.3) is 0 Å². The number of thioether (sulfide) groups is 1. The van der Waals surface area contributed by atoms with Crippen molar-refractivity contribution in [1.29, 1.82) is 0 Å². The summed E-state index contributed by atoms with van der Waals surface area (Å²) < 4.78 is 7.00. The van der Waals surface area contributed by atoms with Gasteiger partial charge in [0.05, 0.1) is 12.9 Å². The zero-order valence-corrected chi connectivity index (χ0v) is 16.9. The van der Waals surface area contributed by atoms with E-state index in [2.05, 4.69) is 10.2 Å². The Bertz CT molecular complexity index is 833. The van der Waals surface area contributed by atoms with Crippen LogP contribution in [0.1, 0.15) is 30.7 Å². The number of nitrogens with two attached hydrogens (primary N) is 1. The van der Waals surface area contributed by atoms with Gasteiger partial charge in [-0.2, -0.15) is 0 Å². The van der Waals surface area contributed by atoms with E-state index in [-0.39, 0.29) is 18.2 Å². The molecule has 150 valence electrons. The molecule has 0 spiro atoms. The number of ether oxygens (including phenoxy) is 1. The highest BCUT2D eigenvalue weighted by molar-refractivity contribution is 7.99. The molecule has 1 aromatic carbocycles. The summed E-state index contributed by atoms with van der Waals surface area (Å²) in [6.07, 6.45) is 2.77. The van der Waals surface area contributed by atoms with Crippen LogP contribution in [0.2, 0.25) is 0 Å². The van der Waals surface area contributed by atoms with Crippen LogP contribution in [0, 0.1) is 0 Å². The molecule has 2 N–H and O–H groups in total. The molecule has 0 radical (unpaired) electrons. The maximum absolute atomic E-state index is 12.8. The van der Waals surface area contributed by atoms with Crippen LogP contribution in [-0.4, -0.2) is 50.4 Å². The normalized spacial score (nSPS) is 13.4. The highest BCUT2D eigenvalue weighted by atomic mass is 32.2. The fourth-order valence-electron chi connectivity index (χ4n) is 2.87. The minimum Gasteiger partial charge on any atom is -0.497 e. The Kier molecular flexibility index (Phi) is 6.56. The fourth-order valence-corrected chi connectivity index (χ4v) is 3.68. The van der Waals surface area contributed by atoms with Gasteiger partial charge in [0.15, 0.2) is 5.16 Å². The summed E-state index contributed by atoms with van der Waals surface area (Å²) in [5.41, 5.74) is 6.27. The molecule has 1 aromatic heterocycles. The monoisotopic (exact) mass is 403 g/mol. The number of carbonyl (C=O) groups excluding carboxylic acids is 2. The molecule has 1 aliphatic carbocycles. The first-order valence-electron chi connectivity index (χ1n) is 9.19. The van der Waals surface area contributed by atoms with Gasteiger partial charge in [-0.15, -0.1) is 10.2 Å². The molecule has 8 nitrogen and oxygen atoms in total. The number of rotatable bonds is 10. The van der Waals surface area contributed by atoms with E-state index < -0.39 is 0 Å². The Morgan fingerprint density at radius 1 is 1.29 bits per heavy atom. The maximum atomic E-state index is 12.8. The Hall–Kier alpha value is -2.55. The second-order valence-electron chi connectivity index (χ2n) is 6.81. The van der Waals surface area contributed by atoms with E-state index in [0.29, 0.717) is 35.7 Å². The molecule has 0 bridgehead atoms. The molecule has 2 amide bonds. The van der Waals surface area contributed by atoms with Gasteiger partial charge in [-0.1, -0.05) is 23.9 Å². The fraction of sp³-hybridized carbons (Fsp3) is 0.474. The van der Waals surface area contributed by atoms with Gasteiger partial charge in [-0.05, 0) is 30.5 Å². The van der Waals surface area contributed by atoms with E-state index in [1.165, 1.54) is 11.8 Å². The molecule has 9 heteroatoms. The molecular weight excluding hydrogens is 378 g/mol. The van der Waals surface area contributed by atoms with E-state index >= 15 is 0 Å². The molecule has 1 saturated carbocycles. The summed E-state index contributed by atoms with van der Waals surface area (Å²) in [5.74, 6) is 1.51. The van der Waals surface area contributed by atoms with E-state index in [9.17, 15) is 9.59 Å². The van der Waals surface area contributed by atoms with Gasteiger partial charge in [0.1, 0.15) is 11.6 Å². The number of methoxy groups -OCH3 is 1. The van der Waals surface area contributed by atoms with Gasteiger partial charge in [-0.3, -0.25) is 9.59 Å². The average Bonchev–Trinajstić information content (AvgIpc) is 3.47. The SMILES string of the molecule is COc1ccc(CN(C(=O)CSc2nnc(CCC(N)=O)n2C)C2CC2)cc1. The number of carbonyl (C=O) groups is 2. The molecule has 1 fully saturated rings. The summed E-state index contributed by atoms with van der Waals surface area (Å²) in [6.45, 7) is 0.594. The third kappa shape index (κ3) is 5.25. The number of hydrogen-bond donors (Lipinski definition) is 1. The van der Waals surface area contributed by atoms with Crippen molar-refractivity contribution >= 4 is 23.6 Å². The highest BCUT2D eigenvalue weighted by Crippen LogP contribution is 2.30. The molecule has 0 atom stereocenters. The van der Waals surface area contributed by atoms with E-state index in [1.807, 2.05) is 40.8 Å². The Morgan fingerprint density at radius 3 is 2.61 bits per heavy atom.